The van der Waals surface area contributed by atoms with Crippen molar-refractivity contribution in [2.75, 3.05) is 18.5 Å². The SMILES string of the molecule is CCOC(=O)CNc1ccc(C(N)=S)c2ccccc12. The van der Waals surface area contributed by atoms with Gasteiger partial charge in [-0.15, -0.1) is 0 Å². The lowest BCUT2D eigenvalue weighted by molar-refractivity contribution is -0.140. The summed E-state index contributed by atoms with van der Waals surface area (Å²) in [6.45, 7) is 2.29. The minimum atomic E-state index is -0.282. The van der Waals surface area contributed by atoms with Crippen LogP contribution in [0.4, 0.5) is 5.69 Å². The fourth-order valence-corrected chi connectivity index (χ4v) is 2.23. The molecule has 0 heterocycles. The van der Waals surface area contributed by atoms with E-state index >= 15 is 0 Å². The molecule has 0 saturated heterocycles. The lowest BCUT2D eigenvalue weighted by atomic mass is 10.0. The molecule has 0 aliphatic rings. The van der Waals surface area contributed by atoms with Crippen LogP contribution >= 0.6 is 12.2 Å². The summed E-state index contributed by atoms with van der Waals surface area (Å²) in [5, 5.41) is 5.02. The zero-order valence-electron chi connectivity index (χ0n) is 11.2. The summed E-state index contributed by atoms with van der Waals surface area (Å²) in [5.74, 6) is -0.282. The molecular weight excluding hydrogens is 272 g/mol. The number of anilines is 1. The number of esters is 1. The number of thiocarbonyl (C=S) groups is 1. The van der Waals surface area contributed by atoms with Gasteiger partial charge in [0.1, 0.15) is 11.5 Å². The van der Waals surface area contributed by atoms with Crippen molar-refractivity contribution in [3.8, 4) is 0 Å². The second kappa shape index (κ2) is 6.34. The fourth-order valence-electron chi connectivity index (χ4n) is 2.05. The number of nitrogens with one attached hydrogen (secondary N) is 1. The molecule has 0 aromatic heterocycles. The number of ether oxygens (including phenoxy) is 1. The third-order valence-corrected chi connectivity index (χ3v) is 3.14. The quantitative estimate of drug-likeness (QED) is 0.653. The highest BCUT2D eigenvalue weighted by Gasteiger charge is 2.08. The van der Waals surface area contributed by atoms with Gasteiger partial charge < -0.3 is 15.8 Å². The molecule has 0 amide bonds. The number of nitrogens with two attached hydrogens (primary N) is 1. The zero-order chi connectivity index (χ0) is 14.5. The van der Waals surface area contributed by atoms with Gasteiger partial charge in [-0.3, -0.25) is 4.79 Å². The molecule has 5 heteroatoms. The van der Waals surface area contributed by atoms with Crippen LogP contribution in [0.25, 0.3) is 10.8 Å². The van der Waals surface area contributed by atoms with E-state index in [1.54, 1.807) is 6.92 Å². The van der Waals surface area contributed by atoms with Crippen LogP contribution in [0.2, 0.25) is 0 Å². The lowest BCUT2D eigenvalue weighted by Crippen LogP contribution is -2.17. The smallest absolute Gasteiger partial charge is 0.325 e. The van der Waals surface area contributed by atoms with E-state index in [-0.39, 0.29) is 12.5 Å². The molecule has 0 aliphatic carbocycles. The van der Waals surface area contributed by atoms with Crippen LogP contribution in [0.3, 0.4) is 0 Å². The monoisotopic (exact) mass is 288 g/mol. The number of carbonyl (C=O) groups excluding carboxylic acids is 1. The molecule has 0 saturated carbocycles. The lowest BCUT2D eigenvalue weighted by Gasteiger charge is -2.12. The minimum Gasteiger partial charge on any atom is -0.465 e. The van der Waals surface area contributed by atoms with Gasteiger partial charge in [0, 0.05) is 16.6 Å². The van der Waals surface area contributed by atoms with Crippen molar-refractivity contribution >= 4 is 39.6 Å². The molecule has 2 aromatic rings. The Kier molecular flexibility index (Phi) is 4.53. The van der Waals surface area contributed by atoms with Gasteiger partial charge in [0.25, 0.3) is 0 Å². The molecule has 2 aromatic carbocycles. The third-order valence-electron chi connectivity index (χ3n) is 2.92. The second-order valence-corrected chi connectivity index (χ2v) is 4.67. The number of fused-ring (bicyclic) bond motifs is 1. The first-order valence-electron chi connectivity index (χ1n) is 6.34. The van der Waals surface area contributed by atoms with Gasteiger partial charge in [-0.1, -0.05) is 36.5 Å². The van der Waals surface area contributed by atoms with Crippen LogP contribution in [-0.2, 0) is 9.53 Å². The van der Waals surface area contributed by atoms with E-state index in [1.165, 1.54) is 0 Å². The Labute approximate surface area is 122 Å². The first kappa shape index (κ1) is 14.3. The molecular formula is C15H16N2O2S. The Bertz CT molecular complexity index is 655. The average Bonchev–Trinajstić information content (AvgIpc) is 2.44. The van der Waals surface area contributed by atoms with Crippen molar-refractivity contribution in [1.29, 1.82) is 0 Å². The van der Waals surface area contributed by atoms with Crippen LogP contribution in [-0.4, -0.2) is 24.1 Å². The number of rotatable bonds is 5. The summed E-state index contributed by atoms with van der Waals surface area (Å²) >= 11 is 5.06. The van der Waals surface area contributed by atoms with E-state index in [0.717, 1.165) is 22.0 Å². The van der Waals surface area contributed by atoms with E-state index in [9.17, 15) is 4.79 Å². The molecule has 20 heavy (non-hydrogen) atoms. The standard InChI is InChI=1S/C15H16N2O2S/c1-2-19-14(18)9-17-13-8-7-12(15(16)20)10-5-3-4-6-11(10)13/h3-8,17H,2,9H2,1H3,(H2,16,20). The molecule has 0 unspecified atom stereocenters. The number of benzene rings is 2. The Balaban J connectivity index is 2.33. The summed E-state index contributed by atoms with van der Waals surface area (Å²) in [6.07, 6.45) is 0. The van der Waals surface area contributed by atoms with Gasteiger partial charge in [-0.05, 0) is 24.4 Å². The second-order valence-electron chi connectivity index (χ2n) is 4.23. The molecule has 0 atom stereocenters. The van der Waals surface area contributed by atoms with Crippen molar-refractivity contribution in [2.45, 2.75) is 6.92 Å². The first-order chi connectivity index (χ1) is 9.63. The third kappa shape index (κ3) is 3.05. The van der Waals surface area contributed by atoms with Gasteiger partial charge in [-0.2, -0.15) is 0 Å². The Hall–Kier alpha value is -2.14. The van der Waals surface area contributed by atoms with E-state index in [1.807, 2.05) is 36.4 Å². The van der Waals surface area contributed by atoms with E-state index < -0.39 is 0 Å². The van der Waals surface area contributed by atoms with Gasteiger partial charge in [0.05, 0.1) is 6.61 Å². The van der Waals surface area contributed by atoms with Crippen molar-refractivity contribution < 1.29 is 9.53 Å². The predicted octanol–water partition coefficient (Wildman–Crippen LogP) is 2.45. The predicted molar refractivity (Wildman–Crippen MR) is 85.0 cm³/mol. The van der Waals surface area contributed by atoms with Crippen LogP contribution in [0.15, 0.2) is 36.4 Å². The van der Waals surface area contributed by atoms with E-state index in [4.69, 9.17) is 22.7 Å². The van der Waals surface area contributed by atoms with Crippen molar-refractivity contribution in [3.05, 3.63) is 42.0 Å². The molecule has 0 radical (unpaired) electrons. The largest absolute Gasteiger partial charge is 0.465 e. The maximum atomic E-state index is 11.4. The highest BCUT2D eigenvalue weighted by Crippen LogP contribution is 2.26. The molecule has 104 valence electrons. The van der Waals surface area contributed by atoms with E-state index in [0.29, 0.717) is 11.6 Å². The van der Waals surface area contributed by atoms with E-state index in [2.05, 4.69) is 5.32 Å². The van der Waals surface area contributed by atoms with Crippen LogP contribution in [0.5, 0.6) is 0 Å². The first-order valence-corrected chi connectivity index (χ1v) is 6.75. The topological polar surface area (TPSA) is 64.3 Å². The molecule has 0 aliphatic heterocycles. The van der Waals surface area contributed by atoms with Crippen molar-refractivity contribution in [1.82, 2.24) is 0 Å². The number of carbonyl (C=O) groups is 1. The summed E-state index contributed by atoms with van der Waals surface area (Å²) in [7, 11) is 0. The maximum Gasteiger partial charge on any atom is 0.325 e. The number of hydrogen-bond acceptors (Lipinski definition) is 4. The number of hydrogen-bond donors (Lipinski definition) is 2. The molecule has 3 N–H and O–H groups in total. The fraction of sp³-hybridized carbons (Fsp3) is 0.200. The average molecular weight is 288 g/mol. The zero-order valence-corrected chi connectivity index (χ0v) is 12.0. The Morgan fingerprint density at radius 2 is 1.95 bits per heavy atom. The molecule has 0 bridgehead atoms. The molecule has 0 spiro atoms. The molecule has 0 fully saturated rings. The van der Waals surface area contributed by atoms with Crippen LogP contribution in [0.1, 0.15) is 12.5 Å². The van der Waals surface area contributed by atoms with Crippen LogP contribution in [0, 0.1) is 0 Å². The summed E-state index contributed by atoms with van der Waals surface area (Å²) in [4.78, 5) is 11.8. The molecule has 2 rings (SSSR count). The van der Waals surface area contributed by atoms with Gasteiger partial charge >= 0.3 is 5.97 Å². The highest BCUT2D eigenvalue weighted by atomic mass is 32.1. The molecule has 4 nitrogen and oxygen atoms in total. The van der Waals surface area contributed by atoms with Crippen LogP contribution < -0.4 is 11.1 Å². The maximum absolute atomic E-state index is 11.4. The van der Waals surface area contributed by atoms with Crippen molar-refractivity contribution in [3.63, 3.8) is 0 Å². The summed E-state index contributed by atoms with van der Waals surface area (Å²) < 4.78 is 4.90. The van der Waals surface area contributed by atoms with Gasteiger partial charge in [-0.25, -0.2) is 0 Å². The normalized spacial score (nSPS) is 10.2. The Morgan fingerprint density at radius 1 is 1.25 bits per heavy atom. The van der Waals surface area contributed by atoms with Gasteiger partial charge in [0.15, 0.2) is 0 Å². The van der Waals surface area contributed by atoms with Gasteiger partial charge in [0.2, 0.25) is 0 Å². The summed E-state index contributed by atoms with van der Waals surface area (Å²) in [5.41, 5.74) is 7.41. The summed E-state index contributed by atoms with van der Waals surface area (Å²) in [6, 6.07) is 11.5. The Morgan fingerprint density at radius 3 is 2.60 bits per heavy atom. The minimum absolute atomic E-state index is 0.129. The van der Waals surface area contributed by atoms with Crippen molar-refractivity contribution in [2.24, 2.45) is 5.73 Å². The highest BCUT2D eigenvalue weighted by molar-refractivity contribution is 7.80.